The number of carbonyl (C=O) groups excluding carboxylic acids is 1. The first-order chi connectivity index (χ1) is 4.72. The minimum Gasteiger partial charge on any atom is -0.481 e. The zero-order chi connectivity index (χ0) is 7.98. The fourth-order valence-corrected chi connectivity index (χ4v) is 0.450. The summed E-state index contributed by atoms with van der Waals surface area (Å²) in [5.41, 5.74) is 0. The van der Waals surface area contributed by atoms with E-state index in [1.54, 1.807) is 0 Å². The first-order valence-corrected chi connectivity index (χ1v) is 2.78. The Hall–Kier alpha value is -0.865. The van der Waals surface area contributed by atoms with E-state index in [4.69, 9.17) is 5.11 Å². The van der Waals surface area contributed by atoms with Gasteiger partial charge in [-0.25, -0.2) is 0 Å². The van der Waals surface area contributed by atoms with E-state index in [9.17, 15) is 14.0 Å². The summed E-state index contributed by atoms with van der Waals surface area (Å²) in [6, 6.07) is 0. The molecule has 0 aliphatic rings. The van der Waals surface area contributed by atoms with Crippen LogP contribution in [0.5, 0.6) is 0 Å². The van der Waals surface area contributed by atoms with Gasteiger partial charge in [0.25, 0.3) is 0 Å². The SMILES string of the molecule is O=C[B]CC(CF)C(=O)O. The monoisotopic (exact) mass is 145 g/mol. The maximum atomic E-state index is 11.7. The molecule has 3 nitrogen and oxygen atoms in total. The molecule has 0 aliphatic heterocycles. The Morgan fingerprint density at radius 3 is 2.70 bits per heavy atom. The first-order valence-electron chi connectivity index (χ1n) is 2.78. The van der Waals surface area contributed by atoms with Gasteiger partial charge in [-0.05, 0) is 0 Å². The van der Waals surface area contributed by atoms with Crippen molar-refractivity contribution in [3.05, 3.63) is 0 Å². The molecule has 0 saturated heterocycles. The highest BCUT2D eigenvalue weighted by molar-refractivity contribution is 6.66. The van der Waals surface area contributed by atoms with Crippen LogP contribution in [0.15, 0.2) is 0 Å². The quantitative estimate of drug-likeness (QED) is 0.436. The topological polar surface area (TPSA) is 54.4 Å². The lowest BCUT2D eigenvalue weighted by molar-refractivity contribution is -0.141. The summed E-state index contributed by atoms with van der Waals surface area (Å²) in [4.78, 5) is 19.7. The third-order valence-electron chi connectivity index (χ3n) is 1.05. The average Bonchev–Trinajstić information content (AvgIpc) is 1.89. The second-order valence-corrected chi connectivity index (χ2v) is 1.80. The van der Waals surface area contributed by atoms with Crippen LogP contribution in [-0.4, -0.2) is 31.2 Å². The van der Waals surface area contributed by atoms with E-state index in [2.05, 4.69) is 0 Å². The molecule has 0 bridgehead atoms. The number of rotatable bonds is 5. The molecule has 0 aromatic heterocycles. The number of carbonyl (C=O) groups is 2. The molecular weight excluding hydrogens is 138 g/mol. The smallest absolute Gasteiger partial charge is 0.308 e. The van der Waals surface area contributed by atoms with Crippen LogP contribution in [0.25, 0.3) is 0 Å². The molecule has 0 aliphatic carbocycles. The largest absolute Gasteiger partial charge is 0.481 e. The van der Waals surface area contributed by atoms with Crippen molar-refractivity contribution < 1.29 is 19.1 Å². The second-order valence-electron chi connectivity index (χ2n) is 1.80. The number of hydrogen-bond donors (Lipinski definition) is 1. The highest BCUT2D eigenvalue weighted by Crippen LogP contribution is 2.02. The Morgan fingerprint density at radius 2 is 2.40 bits per heavy atom. The summed E-state index contributed by atoms with van der Waals surface area (Å²) >= 11 is 0. The van der Waals surface area contributed by atoms with Gasteiger partial charge in [0.2, 0.25) is 0 Å². The van der Waals surface area contributed by atoms with Crippen molar-refractivity contribution in [3.8, 4) is 0 Å². The summed E-state index contributed by atoms with van der Waals surface area (Å²) in [5.74, 6) is -2.27. The zero-order valence-corrected chi connectivity index (χ0v) is 5.29. The third-order valence-corrected chi connectivity index (χ3v) is 1.05. The predicted molar refractivity (Wildman–Crippen MR) is 34.4 cm³/mol. The van der Waals surface area contributed by atoms with Gasteiger partial charge in [-0.3, -0.25) is 9.18 Å². The molecule has 1 atom stereocenters. The number of carboxylic acids is 1. The fraction of sp³-hybridized carbons (Fsp3) is 0.600. The van der Waals surface area contributed by atoms with Crippen molar-refractivity contribution in [1.29, 1.82) is 0 Å². The van der Waals surface area contributed by atoms with Crippen LogP contribution in [-0.2, 0) is 9.59 Å². The molecular formula is C5H7BFO3. The maximum Gasteiger partial charge on any atom is 0.308 e. The van der Waals surface area contributed by atoms with Crippen LogP contribution in [0, 0.1) is 5.92 Å². The van der Waals surface area contributed by atoms with Gasteiger partial charge in [-0.2, -0.15) is 0 Å². The van der Waals surface area contributed by atoms with E-state index in [0.29, 0.717) is 6.19 Å². The van der Waals surface area contributed by atoms with Gasteiger partial charge in [0.1, 0.15) is 6.67 Å². The average molecular weight is 145 g/mol. The molecule has 10 heavy (non-hydrogen) atoms. The summed E-state index contributed by atoms with van der Waals surface area (Å²) in [6.45, 7) is -0.931. The van der Waals surface area contributed by atoms with Crippen molar-refractivity contribution in [3.63, 3.8) is 0 Å². The normalized spacial score (nSPS) is 12.1. The Bertz CT molecular complexity index is 128. The van der Waals surface area contributed by atoms with Crippen molar-refractivity contribution in [2.45, 2.75) is 6.32 Å². The maximum absolute atomic E-state index is 11.7. The Labute approximate surface area is 58.5 Å². The van der Waals surface area contributed by atoms with Gasteiger partial charge in [0.15, 0.2) is 7.28 Å². The highest BCUT2D eigenvalue weighted by Gasteiger charge is 2.16. The van der Waals surface area contributed by atoms with Crippen LogP contribution >= 0.6 is 0 Å². The minimum atomic E-state index is -1.21. The summed E-state index contributed by atoms with van der Waals surface area (Å²) in [5, 5.41) is 8.22. The number of aliphatic carboxylic acids is 1. The van der Waals surface area contributed by atoms with E-state index in [1.807, 2.05) is 0 Å². The van der Waals surface area contributed by atoms with E-state index < -0.39 is 18.6 Å². The van der Waals surface area contributed by atoms with Gasteiger partial charge in [-0.1, -0.05) is 6.32 Å². The van der Waals surface area contributed by atoms with E-state index in [1.165, 1.54) is 0 Å². The molecule has 1 unspecified atom stereocenters. The molecule has 1 radical (unpaired) electrons. The Morgan fingerprint density at radius 1 is 1.80 bits per heavy atom. The number of hydrogen-bond acceptors (Lipinski definition) is 2. The van der Waals surface area contributed by atoms with E-state index >= 15 is 0 Å². The standard InChI is InChI=1S/C5H7BFO3/c7-2-4(5(9)10)1-6-3-8/h3-4H,1-2H2,(H,9,10). The third kappa shape index (κ3) is 3.22. The zero-order valence-electron chi connectivity index (χ0n) is 5.29. The van der Waals surface area contributed by atoms with Gasteiger partial charge in [0.05, 0.1) is 12.1 Å². The molecule has 5 heteroatoms. The van der Waals surface area contributed by atoms with E-state index in [-0.39, 0.29) is 6.32 Å². The second kappa shape index (κ2) is 4.96. The number of alkyl halides is 1. The molecule has 0 amide bonds. The van der Waals surface area contributed by atoms with Gasteiger partial charge < -0.3 is 9.90 Å². The summed E-state index contributed by atoms with van der Waals surface area (Å²) < 4.78 is 11.7. The van der Waals surface area contributed by atoms with Crippen LogP contribution in [0.3, 0.4) is 0 Å². The van der Waals surface area contributed by atoms with Gasteiger partial charge in [-0.15, -0.1) is 0 Å². The lowest BCUT2D eigenvalue weighted by Crippen LogP contribution is -2.17. The Balaban J connectivity index is 3.60. The molecule has 0 spiro atoms. The van der Waals surface area contributed by atoms with Crippen molar-refractivity contribution in [2.24, 2.45) is 5.92 Å². The van der Waals surface area contributed by atoms with Crippen molar-refractivity contribution >= 4 is 19.4 Å². The lowest BCUT2D eigenvalue weighted by Gasteiger charge is -2.02. The fourth-order valence-electron chi connectivity index (χ4n) is 0.450. The molecule has 0 aromatic carbocycles. The lowest BCUT2D eigenvalue weighted by atomic mass is 9.72. The van der Waals surface area contributed by atoms with Crippen LogP contribution in [0.1, 0.15) is 0 Å². The summed E-state index contributed by atoms with van der Waals surface area (Å²) in [6.07, 6.45) is 0.431. The molecule has 0 fully saturated rings. The van der Waals surface area contributed by atoms with Gasteiger partial charge in [0, 0.05) is 0 Å². The molecule has 55 valence electrons. The van der Waals surface area contributed by atoms with Crippen molar-refractivity contribution in [1.82, 2.24) is 0 Å². The molecule has 1 N–H and O–H groups in total. The van der Waals surface area contributed by atoms with E-state index in [0.717, 1.165) is 7.28 Å². The Kier molecular flexibility index (Phi) is 4.53. The first kappa shape index (κ1) is 9.13. The predicted octanol–water partition coefficient (Wildman–Crippen LogP) is -0.0306. The molecule has 0 saturated carbocycles. The molecule has 0 rings (SSSR count). The van der Waals surface area contributed by atoms with Crippen LogP contribution in [0.4, 0.5) is 4.39 Å². The molecule has 0 aromatic rings. The molecule has 0 heterocycles. The highest BCUT2D eigenvalue weighted by atomic mass is 19.1. The van der Waals surface area contributed by atoms with Crippen LogP contribution in [0.2, 0.25) is 6.32 Å². The minimum absolute atomic E-state index is 0.0324. The van der Waals surface area contributed by atoms with Gasteiger partial charge >= 0.3 is 5.97 Å². The number of halogens is 1. The van der Waals surface area contributed by atoms with Crippen LogP contribution < -0.4 is 0 Å². The summed E-state index contributed by atoms with van der Waals surface area (Å²) in [7, 11) is 1.10. The van der Waals surface area contributed by atoms with Crippen molar-refractivity contribution in [2.75, 3.05) is 6.67 Å². The number of carboxylic acid groups (broad SMARTS) is 1.